The predicted octanol–water partition coefficient (Wildman–Crippen LogP) is 2.13. The van der Waals surface area contributed by atoms with Crippen LogP contribution in [-0.2, 0) is 6.42 Å². The van der Waals surface area contributed by atoms with Crippen molar-refractivity contribution in [2.45, 2.75) is 32.7 Å². The van der Waals surface area contributed by atoms with E-state index in [2.05, 4.69) is 55.7 Å². The molecule has 0 amide bonds. The molecule has 0 unspecified atom stereocenters. The molecule has 0 aliphatic heterocycles. The second-order valence-electron chi connectivity index (χ2n) is 4.99. The molecule has 1 aromatic carbocycles. The van der Waals surface area contributed by atoms with E-state index in [9.17, 15) is 0 Å². The highest BCUT2D eigenvalue weighted by Crippen LogP contribution is 2.07. The van der Waals surface area contributed by atoms with Crippen LogP contribution in [0.4, 0.5) is 0 Å². The summed E-state index contributed by atoms with van der Waals surface area (Å²) >= 11 is 0. The van der Waals surface area contributed by atoms with Gasteiger partial charge in [0.2, 0.25) is 0 Å². The lowest BCUT2D eigenvalue weighted by Crippen LogP contribution is -2.46. The number of aryl methyl sites for hydroxylation is 1. The van der Waals surface area contributed by atoms with Crippen LogP contribution in [0.25, 0.3) is 0 Å². The third kappa shape index (κ3) is 4.33. The SMILES string of the molecule is CNC(C)(C)CNCCc1ccccc1C. The summed E-state index contributed by atoms with van der Waals surface area (Å²) in [6, 6.07) is 8.59. The van der Waals surface area contributed by atoms with Gasteiger partial charge in [-0.2, -0.15) is 0 Å². The van der Waals surface area contributed by atoms with E-state index in [4.69, 9.17) is 0 Å². The van der Waals surface area contributed by atoms with E-state index in [0.29, 0.717) is 0 Å². The zero-order chi connectivity index (χ0) is 12.0. The molecule has 0 heterocycles. The van der Waals surface area contributed by atoms with E-state index in [1.165, 1.54) is 11.1 Å². The Morgan fingerprint density at radius 2 is 1.88 bits per heavy atom. The number of hydrogen-bond donors (Lipinski definition) is 2. The third-order valence-corrected chi connectivity index (χ3v) is 3.08. The van der Waals surface area contributed by atoms with Gasteiger partial charge in [-0.25, -0.2) is 0 Å². The van der Waals surface area contributed by atoms with Crippen LogP contribution in [0.15, 0.2) is 24.3 Å². The maximum Gasteiger partial charge on any atom is 0.0246 e. The fourth-order valence-electron chi connectivity index (χ4n) is 1.60. The molecule has 0 radical (unpaired) electrons. The van der Waals surface area contributed by atoms with Gasteiger partial charge >= 0.3 is 0 Å². The van der Waals surface area contributed by atoms with E-state index in [-0.39, 0.29) is 5.54 Å². The van der Waals surface area contributed by atoms with Crippen LogP contribution in [0, 0.1) is 6.92 Å². The van der Waals surface area contributed by atoms with E-state index in [0.717, 1.165) is 19.5 Å². The lowest BCUT2D eigenvalue weighted by molar-refractivity contribution is 0.395. The standard InChI is InChI=1S/C14H24N2/c1-12-7-5-6-8-13(12)9-10-16-11-14(2,3)15-4/h5-8,15-16H,9-11H2,1-4H3. The normalized spacial score (nSPS) is 11.8. The van der Waals surface area contributed by atoms with Crippen molar-refractivity contribution in [3.63, 3.8) is 0 Å². The Morgan fingerprint density at radius 3 is 2.50 bits per heavy atom. The van der Waals surface area contributed by atoms with Gasteiger partial charge in [-0.1, -0.05) is 24.3 Å². The zero-order valence-electron chi connectivity index (χ0n) is 10.9. The maximum atomic E-state index is 3.49. The summed E-state index contributed by atoms with van der Waals surface area (Å²) in [4.78, 5) is 0. The first kappa shape index (κ1) is 13.2. The minimum Gasteiger partial charge on any atom is -0.315 e. The van der Waals surface area contributed by atoms with E-state index in [1.54, 1.807) is 0 Å². The highest BCUT2D eigenvalue weighted by molar-refractivity contribution is 5.25. The summed E-state index contributed by atoms with van der Waals surface area (Å²) in [5, 5.41) is 6.78. The van der Waals surface area contributed by atoms with Crippen molar-refractivity contribution in [1.29, 1.82) is 0 Å². The van der Waals surface area contributed by atoms with Crippen LogP contribution in [0.5, 0.6) is 0 Å². The van der Waals surface area contributed by atoms with Crippen LogP contribution < -0.4 is 10.6 Å². The smallest absolute Gasteiger partial charge is 0.0246 e. The molecule has 1 rings (SSSR count). The zero-order valence-corrected chi connectivity index (χ0v) is 10.9. The minimum absolute atomic E-state index is 0.172. The Balaban J connectivity index is 2.29. The molecule has 16 heavy (non-hydrogen) atoms. The molecule has 90 valence electrons. The van der Waals surface area contributed by atoms with Gasteiger partial charge in [0.15, 0.2) is 0 Å². The molecule has 0 saturated carbocycles. The quantitative estimate of drug-likeness (QED) is 0.718. The van der Waals surface area contributed by atoms with Gasteiger partial charge in [-0.3, -0.25) is 0 Å². The fraction of sp³-hybridized carbons (Fsp3) is 0.571. The van der Waals surface area contributed by atoms with E-state index in [1.807, 2.05) is 7.05 Å². The molecule has 0 atom stereocenters. The summed E-state index contributed by atoms with van der Waals surface area (Å²) in [6.07, 6.45) is 1.10. The van der Waals surface area contributed by atoms with Crippen molar-refractivity contribution >= 4 is 0 Å². The molecular weight excluding hydrogens is 196 g/mol. The van der Waals surface area contributed by atoms with Crippen LogP contribution in [0.2, 0.25) is 0 Å². The Kier molecular flexibility index (Phi) is 4.97. The van der Waals surface area contributed by atoms with Crippen molar-refractivity contribution in [3.05, 3.63) is 35.4 Å². The lowest BCUT2D eigenvalue weighted by Gasteiger charge is -2.24. The monoisotopic (exact) mass is 220 g/mol. The van der Waals surface area contributed by atoms with Gasteiger partial charge in [0.1, 0.15) is 0 Å². The van der Waals surface area contributed by atoms with Gasteiger partial charge in [0, 0.05) is 12.1 Å². The van der Waals surface area contributed by atoms with Gasteiger partial charge in [0.05, 0.1) is 0 Å². The molecule has 0 spiro atoms. The largest absolute Gasteiger partial charge is 0.315 e. The predicted molar refractivity (Wildman–Crippen MR) is 70.9 cm³/mol. The first-order valence-electron chi connectivity index (χ1n) is 5.99. The van der Waals surface area contributed by atoms with E-state index < -0.39 is 0 Å². The number of hydrogen-bond acceptors (Lipinski definition) is 2. The molecule has 0 saturated heterocycles. The van der Waals surface area contributed by atoms with Crippen LogP contribution in [0.3, 0.4) is 0 Å². The Labute approximate surface area is 99.5 Å². The summed E-state index contributed by atoms with van der Waals surface area (Å²) in [6.45, 7) is 8.61. The number of rotatable bonds is 6. The molecular formula is C14H24N2. The first-order valence-corrected chi connectivity index (χ1v) is 5.99. The molecule has 0 bridgehead atoms. The summed E-state index contributed by atoms with van der Waals surface area (Å²) in [5.74, 6) is 0. The average Bonchev–Trinajstić information content (AvgIpc) is 2.27. The van der Waals surface area contributed by atoms with E-state index >= 15 is 0 Å². The summed E-state index contributed by atoms with van der Waals surface area (Å²) in [7, 11) is 2.00. The highest BCUT2D eigenvalue weighted by atomic mass is 15.0. The van der Waals surface area contributed by atoms with Crippen LogP contribution in [-0.4, -0.2) is 25.7 Å². The van der Waals surface area contributed by atoms with Crippen LogP contribution >= 0.6 is 0 Å². The number of benzene rings is 1. The Hall–Kier alpha value is -0.860. The molecule has 2 heteroatoms. The second-order valence-corrected chi connectivity index (χ2v) is 4.99. The van der Waals surface area contributed by atoms with Gasteiger partial charge < -0.3 is 10.6 Å². The second kappa shape index (κ2) is 6.02. The fourth-order valence-corrected chi connectivity index (χ4v) is 1.60. The average molecular weight is 220 g/mol. The number of nitrogens with one attached hydrogen (secondary N) is 2. The van der Waals surface area contributed by atoms with Crippen molar-refractivity contribution in [2.75, 3.05) is 20.1 Å². The minimum atomic E-state index is 0.172. The summed E-state index contributed by atoms with van der Waals surface area (Å²) < 4.78 is 0. The Morgan fingerprint density at radius 1 is 1.19 bits per heavy atom. The molecule has 0 aromatic heterocycles. The number of likely N-dealkylation sites (N-methyl/N-ethyl adjacent to an activating group) is 1. The highest BCUT2D eigenvalue weighted by Gasteiger charge is 2.12. The lowest BCUT2D eigenvalue weighted by atomic mass is 10.0. The third-order valence-electron chi connectivity index (χ3n) is 3.08. The molecule has 0 fully saturated rings. The van der Waals surface area contributed by atoms with Crippen LogP contribution in [0.1, 0.15) is 25.0 Å². The van der Waals surface area contributed by atoms with Gasteiger partial charge in [-0.15, -0.1) is 0 Å². The molecule has 0 aliphatic rings. The van der Waals surface area contributed by atoms with Crippen molar-refractivity contribution in [2.24, 2.45) is 0 Å². The Bertz CT molecular complexity index is 318. The van der Waals surface area contributed by atoms with Gasteiger partial charge in [0.25, 0.3) is 0 Å². The van der Waals surface area contributed by atoms with Crippen molar-refractivity contribution < 1.29 is 0 Å². The van der Waals surface area contributed by atoms with Crippen molar-refractivity contribution in [1.82, 2.24) is 10.6 Å². The molecule has 2 N–H and O–H groups in total. The molecule has 1 aromatic rings. The topological polar surface area (TPSA) is 24.1 Å². The summed E-state index contributed by atoms with van der Waals surface area (Å²) in [5.41, 5.74) is 3.00. The van der Waals surface area contributed by atoms with Crippen molar-refractivity contribution in [3.8, 4) is 0 Å². The molecule has 2 nitrogen and oxygen atoms in total. The van der Waals surface area contributed by atoms with Gasteiger partial charge in [-0.05, 0) is 51.9 Å². The molecule has 0 aliphatic carbocycles. The first-order chi connectivity index (χ1) is 7.55. The maximum absolute atomic E-state index is 3.49.